The number of rotatable bonds is 6. The van der Waals surface area contributed by atoms with Gasteiger partial charge in [0.2, 0.25) is 5.88 Å². The molecule has 3 aliphatic rings. The molecule has 7 heteroatoms. The number of nitrogens with zero attached hydrogens (tertiary/aromatic N) is 3. The minimum Gasteiger partial charge on any atom is -0.496 e. The zero-order chi connectivity index (χ0) is 22.3. The number of fused-ring (bicyclic) bond motifs is 2. The van der Waals surface area contributed by atoms with Gasteiger partial charge in [-0.2, -0.15) is 4.98 Å². The fraction of sp³-hybridized carbons (Fsp3) is 0.600. The Morgan fingerprint density at radius 3 is 2.56 bits per heavy atom. The van der Waals surface area contributed by atoms with E-state index in [1.807, 2.05) is 0 Å². The van der Waals surface area contributed by atoms with Crippen LogP contribution in [0, 0.1) is 11.8 Å². The van der Waals surface area contributed by atoms with Crippen LogP contribution in [0.5, 0.6) is 17.6 Å². The molecule has 7 nitrogen and oxygen atoms in total. The summed E-state index contributed by atoms with van der Waals surface area (Å²) in [4.78, 5) is 11.0. The average molecular weight is 440 g/mol. The summed E-state index contributed by atoms with van der Waals surface area (Å²) in [5, 5.41) is 11.8. The maximum atomic E-state index is 11.8. The van der Waals surface area contributed by atoms with Crippen LogP contribution in [0.25, 0.3) is 0 Å². The van der Waals surface area contributed by atoms with Crippen LogP contribution in [0.4, 0.5) is 0 Å². The molecular weight excluding hydrogens is 406 g/mol. The van der Waals surface area contributed by atoms with Crippen LogP contribution >= 0.6 is 0 Å². The van der Waals surface area contributed by atoms with Crippen LogP contribution in [0.1, 0.15) is 47.9 Å². The van der Waals surface area contributed by atoms with Gasteiger partial charge in [0.05, 0.1) is 26.9 Å². The monoisotopic (exact) mass is 439 g/mol. The summed E-state index contributed by atoms with van der Waals surface area (Å²) in [7, 11) is 4.87. The number of benzene rings is 1. The summed E-state index contributed by atoms with van der Waals surface area (Å²) in [6.45, 7) is 2.65. The van der Waals surface area contributed by atoms with E-state index in [9.17, 15) is 5.11 Å². The Bertz CT molecular complexity index is 997. The minimum absolute atomic E-state index is 0.122. The van der Waals surface area contributed by atoms with E-state index in [0.29, 0.717) is 23.8 Å². The molecule has 0 unspecified atom stereocenters. The Morgan fingerprint density at radius 2 is 1.84 bits per heavy atom. The molecule has 2 heterocycles. The Hall–Kier alpha value is -2.38. The molecule has 1 N–H and O–H groups in total. The van der Waals surface area contributed by atoms with Gasteiger partial charge in [-0.05, 0) is 61.6 Å². The van der Waals surface area contributed by atoms with Gasteiger partial charge in [0, 0.05) is 37.3 Å². The third-order valence-corrected chi connectivity index (χ3v) is 7.74. The lowest BCUT2D eigenvalue weighted by atomic mass is 9.83. The third kappa shape index (κ3) is 3.61. The lowest BCUT2D eigenvalue weighted by Gasteiger charge is -2.31. The van der Waals surface area contributed by atoms with Gasteiger partial charge < -0.3 is 19.3 Å². The predicted octanol–water partition coefficient (Wildman–Crippen LogP) is 3.11. The van der Waals surface area contributed by atoms with E-state index < -0.39 is 5.60 Å². The quantitative estimate of drug-likeness (QED) is 0.741. The molecule has 0 amide bonds. The molecule has 0 spiro atoms. The molecule has 1 saturated carbocycles. The van der Waals surface area contributed by atoms with Gasteiger partial charge in [-0.1, -0.05) is 6.07 Å². The zero-order valence-corrected chi connectivity index (χ0v) is 19.3. The van der Waals surface area contributed by atoms with Crippen LogP contribution in [-0.2, 0) is 25.0 Å². The number of aliphatic hydroxyl groups is 1. The van der Waals surface area contributed by atoms with E-state index in [1.54, 1.807) is 20.4 Å². The van der Waals surface area contributed by atoms with E-state index in [2.05, 4.69) is 27.0 Å². The van der Waals surface area contributed by atoms with Crippen molar-refractivity contribution in [3.8, 4) is 17.6 Å². The highest BCUT2D eigenvalue weighted by Crippen LogP contribution is 2.52. The first kappa shape index (κ1) is 21.5. The van der Waals surface area contributed by atoms with Crippen molar-refractivity contribution in [2.24, 2.45) is 11.8 Å². The second-order valence-electron chi connectivity index (χ2n) is 9.44. The van der Waals surface area contributed by atoms with E-state index in [0.717, 1.165) is 44.6 Å². The van der Waals surface area contributed by atoms with E-state index in [1.165, 1.54) is 36.6 Å². The van der Waals surface area contributed by atoms with Crippen LogP contribution < -0.4 is 14.2 Å². The minimum atomic E-state index is -0.989. The SMILES string of the molecule is COc1ncc([C@]2(O)CC[C@H]3CN(Cc4cc5c(cc4OC)CCCC5)C[C@H]32)c(OC)n1. The second kappa shape index (κ2) is 8.52. The molecule has 32 heavy (non-hydrogen) atoms. The Balaban J connectivity index is 1.38. The second-order valence-corrected chi connectivity index (χ2v) is 9.44. The van der Waals surface area contributed by atoms with Gasteiger partial charge in [-0.15, -0.1) is 0 Å². The predicted molar refractivity (Wildman–Crippen MR) is 120 cm³/mol. The maximum Gasteiger partial charge on any atom is 0.319 e. The smallest absolute Gasteiger partial charge is 0.319 e. The molecule has 1 aliphatic heterocycles. The molecule has 1 aromatic carbocycles. The van der Waals surface area contributed by atoms with Gasteiger partial charge >= 0.3 is 6.01 Å². The van der Waals surface area contributed by atoms with Crippen molar-refractivity contribution >= 4 is 0 Å². The lowest BCUT2D eigenvalue weighted by Crippen LogP contribution is -2.35. The Labute approximate surface area is 189 Å². The van der Waals surface area contributed by atoms with Gasteiger partial charge in [-0.3, -0.25) is 4.90 Å². The fourth-order valence-electron chi connectivity index (χ4n) is 6.12. The zero-order valence-electron chi connectivity index (χ0n) is 19.3. The summed E-state index contributed by atoms with van der Waals surface area (Å²) < 4.78 is 16.4. The van der Waals surface area contributed by atoms with Gasteiger partial charge in [0.25, 0.3) is 0 Å². The van der Waals surface area contributed by atoms with Crippen molar-refractivity contribution in [3.63, 3.8) is 0 Å². The van der Waals surface area contributed by atoms with Gasteiger partial charge in [0.1, 0.15) is 11.4 Å². The highest BCUT2D eigenvalue weighted by Gasteiger charge is 2.54. The maximum absolute atomic E-state index is 11.8. The molecule has 2 aromatic rings. The number of likely N-dealkylation sites (tertiary alicyclic amines) is 1. The van der Waals surface area contributed by atoms with Crippen molar-refractivity contribution in [3.05, 3.63) is 40.6 Å². The highest BCUT2D eigenvalue weighted by molar-refractivity contribution is 5.44. The highest BCUT2D eigenvalue weighted by atomic mass is 16.5. The first-order valence-electron chi connectivity index (χ1n) is 11.6. The van der Waals surface area contributed by atoms with E-state index in [-0.39, 0.29) is 11.9 Å². The van der Waals surface area contributed by atoms with Crippen molar-refractivity contribution in [1.82, 2.24) is 14.9 Å². The van der Waals surface area contributed by atoms with Crippen molar-refractivity contribution in [1.29, 1.82) is 0 Å². The molecule has 1 saturated heterocycles. The standard InChI is InChI=1S/C25H33N3O4/c1-30-22-11-17-7-5-4-6-16(17)10-19(22)14-28-13-18-8-9-25(29,21(18)15-28)20-12-26-24(32-3)27-23(20)31-2/h10-12,18,21,29H,4-9,13-15H2,1-3H3/t18-,21+,25+/m0/s1. The molecule has 2 fully saturated rings. The topological polar surface area (TPSA) is 76.9 Å². The largest absolute Gasteiger partial charge is 0.496 e. The van der Waals surface area contributed by atoms with Crippen LogP contribution in [-0.4, -0.2) is 54.4 Å². The molecule has 3 atom stereocenters. The number of hydrogen-bond donors (Lipinski definition) is 1. The molecule has 0 bridgehead atoms. The Kier molecular flexibility index (Phi) is 5.72. The Morgan fingerprint density at radius 1 is 1.06 bits per heavy atom. The normalized spacial score (nSPS) is 27.1. The summed E-state index contributed by atoms with van der Waals surface area (Å²) in [6.07, 6.45) is 8.20. The average Bonchev–Trinajstić information content (AvgIpc) is 3.37. The van der Waals surface area contributed by atoms with Crippen molar-refractivity contribution in [2.75, 3.05) is 34.4 Å². The summed E-state index contributed by atoms with van der Waals surface area (Å²) in [6, 6.07) is 4.85. The summed E-state index contributed by atoms with van der Waals surface area (Å²) in [5.41, 5.74) is 3.85. The van der Waals surface area contributed by atoms with Crippen molar-refractivity contribution < 1.29 is 19.3 Å². The van der Waals surface area contributed by atoms with Gasteiger partial charge in [-0.25, -0.2) is 4.98 Å². The number of aromatic nitrogens is 2. The lowest BCUT2D eigenvalue weighted by molar-refractivity contribution is -0.00973. The van der Waals surface area contributed by atoms with Crippen LogP contribution in [0.15, 0.2) is 18.3 Å². The number of hydrogen-bond acceptors (Lipinski definition) is 7. The molecule has 0 radical (unpaired) electrons. The van der Waals surface area contributed by atoms with E-state index in [4.69, 9.17) is 14.2 Å². The molecule has 5 rings (SSSR count). The van der Waals surface area contributed by atoms with Gasteiger partial charge in [0.15, 0.2) is 0 Å². The molecule has 172 valence electrons. The molecule has 1 aromatic heterocycles. The number of ether oxygens (including phenoxy) is 3. The van der Waals surface area contributed by atoms with E-state index >= 15 is 0 Å². The number of methoxy groups -OCH3 is 3. The third-order valence-electron chi connectivity index (χ3n) is 7.74. The van der Waals surface area contributed by atoms with Crippen LogP contribution in [0.3, 0.4) is 0 Å². The molecular formula is C25H33N3O4. The summed E-state index contributed by atoms with van der Waals surface area (Å²) in [5.74, 6) is 1.95. The van der Waals surface area contributed by atoms with Crippen molar-refractivity contribution in [2.45, 2.75) is 50.7 Å². The first-order chi connectivity index (χ1) is 15.6. The van der Waals surface area contributed by atoms with Crippen LogP contribution in [0.2, 0.25) is 0 Å². The first-order valence-corrected chi connectivity index (χ1v) is 11.6. The molecule has 2 aliphatic carbocycles. The fourth-order valence-corrected chi connectivity index (χ4v) is 6.12. The number of aryl methyl sites for hydroxylation is 2. The summed E-state index contributed by atoms with van der Waals surface area (Å²) >= 11 is 0.